The van der Waals surface area contributed by atoms with Gasteiger partial charge in [-0.1, -0.05) is 12.1 Å². The first-order valence-electron chi connectivity index (χ1n) is 8.55. The lowest BCUT2D eigenvalue weighted by Gasteiger charge is -2.17. The van der Waals surface area contributed by atoms with Gasteiger partial charge < -0.3 is 19.7 Å². The van der Waals surface area contributed by atoms with Gasteiger partial charge in [-0.25, -0.2) is 0 Å². The molecule has 0 fully saturated rings. The highest BCUT2D eigenvalue weighted by Crippen LogP contribution is 2.26. The van der Waals surface area contributed by atoms with E-state index >= 15 is 0 Å². The molecule has 2 aromatic rings. The van der Waals surface area contributed by atoms with Gasteiger partial charge >= 0.3 is 5.97 Å². The minimum atomic E-state index is -3.78. The van der Waals surface area contributed by atoms with Crippen molar-refractivity contribution in [3.05, 3.63) is 54.1 Å². The number of sulfonamides is 1. The van der Waals surface area contributed by atoms with Crippen molar-refractivity contribution < 1.29 is 27.5 Å². The van der Waals surface area contributed by atoms with Crippen LogP contribution >= 0.6 is 0 Å². The average Bonchev–Trinajstić information content (AvgIpc) is 2.98. The number of esters is 1. The fraction of sp³-hybridized carbons (Fsp3) is 0.211. The van der Waals surface area contributed by atoms with Crippen molar-refractivity contribution in [2.45, 2.75) is 4.90 Å². The number of carbonyl (C=O) groups excluding carboxylic acids is 2. The SMILES string of the molecule is COc1ccc(NC(=O)COC(=O)CN(C)C2=NS(=O)(=O)c3ccccc32)cc1. The van der Waals surface area contributed by atoms with Crippen molar-refractivity contribution in [2.75, 3.05) is 32.6 Å². The maximum atomic E-state index is 12.1. The van der Waals surface area contributed by atoms with Gasteiger partial charge in [-0.3, -0.25) is 9.59 Å². The van der Waals surface area contributed by atoms with Crippen LogP contribution in [0.1, 0.15) is 5.56 Å². The zero-order chi connectivity index (χ0) is 21.0. The summed E-state index contributed by atoms with van der Waals surface area (Å²) in [5.41, 5.74) is 0.950. The van der Waals surface area contributed by atoms with Crippen molar-refractivity contribution in [3.63, 3.8) is 0 Å². The summed E-state index contributed by atoms with van der Waals surface area (Å²) in [7, 11) is -0.720. The van der Waals surface area contributed by atoms with Crippen LogP contribution < -0.4 is 10.1 Å². The van der Waals surface area contributed by atoms with Gasteiger partial charge in [0.05, 0.1) is 7.11 Å². The number of fused-ring (bicyclic) bond motifs is 1. The molecule has 1 heterocycles. The summed E-state index contributed by atoms with van der Waals surface area (Å²) in [6.07, 6.45) is 0. The van der Waals surface area contributed by atoms with Gasteiger partial charge in [0.25, 0.3) is 15.9 Å². The quantitative estimate of drug-likeness (QED) is 0.704. The molecule has 0 saturated heterocycles. The van der Waals surface area contributed by atoms with E-state index in [2.05, 4.69) is 9.71 Å². The van der Waals surface area contributed by atoms with E-state index in [4.69, 9.17) is 9.47 Å². The van der Waals surface area contributed by atoms with Crippen LogP contribution in [0.2, 0.25) is 0 Å². The van der Waals surface area contributed by atoms with Crippen molar-refractivity contribution >= 4 is 33.4 Å². The summed E-state index contributed by atoms with van der Waals surface area (Å²) in [4.78, 5) is 25.4. The monoisotopic (exact) mass is 417 g/mol. The lowest BCUT2D eigenvalue weighted by molar-refractivity contribution is -0.147. The average molecular weight is 417 g/mol. The normalized spacial score (nSPS) is 13.8. The molecule has 29 heavy (non-hydrogen) atoms. The summed E-state index contributed by atoms with van der Waals surface area (Å²) in [6.45, 7) is -0.738. The van der Waals surface area contributed by atoms with Crippen LogP contribution in [-0.2, 0) is 24.3 Å². The first kappa shape index (κ1) is 20.3. The maximum Gasteiger partial charge on any atom is 0.326 e. The van der Waals surface area contributed by atoms with E-state index in [1.54, 1.807) is 42.5 Å². The number of amidine groups is 1. The molecule has 152 valence electrons. The van der Waals surface area contributed by atoms with Crippen LogP contribution in [0.3, 0.4) is 0 Å². The number of likely N-dealkylation sites (N-methyl/N-ethyl adjacent to an activating group) is 1. The molecule has 2 aromatic carbocycles. The Bertz CT molecular complexity index is 1060. The summed E-state index contributed by atoms with van der Waals surface area (Å²) >= 11 is 0. The number of ether oxygens (including phenoxy) is 2. The number of nitrogens with zero attached hydrogens (tertiary/aromatic N) is 2. The topological polar surface area (TPSA) is 114 Å². The minimum absolute atomic E-state index is 0.0917. The second kappa shape index (κ2) is 8.31. The van der Waals surface area contributed by atoms with E-state index < -0.39 is 28.5 Å². The zero-order valence-corrected chi connectivity index (χ0v) is 16.6. The Morgan fingerprint density at radius 2 is 1.79 bits per heavy atom. The lowest BCUT2D eigenvalue weighted by atomic mass is 10.2. The molecule has 1 aliphatic rings. The maximum absolute atomic E-state index is 12.1. The molecule has 0 spiro atoms. The largest absolute Gasteiger partial charge is 0.497 e. The van der Waals surface area contributed by atoms with Crippen LogP contribution in [0.25, 0.3) is 0 Å². The third-order valence-electron chi connectivity index (χ3n) is 4.08. The van der Waals surface area contributed by atoms with E-state index in [0.717, 1.165) is 0 Å². The van der Waals surface area contributed by atoms with E-state index in [1.807, 2.05) is 0 Å². The van der Waals surface area contributed by atoms with Crippen molar-refractivity contribution in [1.29, 1.82) is 0 Å². The van der Waals surface area contributed by atoms with Crippen LogP contribution in [0, 0.1) is 0 Å². The fourth-order valence-electron chi connectivity index (χ4n) is 2.70. The third kappa shape index (κ3) is 4.72. The number of nitrogens with one attached hydrogen (secondary N) is 1. The Labute approximate surface area is 168 Å². The number of hydrogen-bond donors (Lipinski definition) is 1. The predicted molar refractivity (Wildman–Crippen MR) is 105 cm³/mol. The Balaban J connectivity index is 1.53. The Kier molecular flexibility index (Phi) is 5.83. The molecule has 0 bridgehead atoms. The third-order valence-corrected chi connectivity index (χ3v) is 5.40. The molecule has 0 aromatic heterocycles. The molecular formula is C19H19N3O6S. The van der Waals surface area contributed by atoms with Gasteiger partial charge in [0, 0.05) is 18.3 Å². The van der Waals surface area contributed by atoms with Gasteiger partial charge in [-0.15, -0.1) is 4.40 Å². The number of hydrogen-bond acceptors (Lipinski definition) is 7. The van der Waals surface area contributed by atoms with Crippen molar-refractivity contribution in [2.24, 2.45) is 4.40 Å². The van der Waals surface area contributed by atoms with E-state index in [0.29, 0.717) is 17.0 Å². The lowest BCUT2D eigenvalue weighted by Crippen LogP contribution is -2.34. The standard InChI is InChI=1S/C19H19N3O6S/c1-22(19-15-5-3-4-6-16(15)29(25,26)21-19)11-18(24)28-12-17(23)20-13-7-9-14(27-2)10-8-13/h3-10H,11-12H2,1-2H3,(H,20,23). The van der Waals surface area contributed by atoms with Gasteiger partial charge in [-0.2, -0.15) is 8.42 Å². The highest BCUT2D eigenvalue weighted by atomic mass is 32.2. The molecule has 1 aliphatic heterocycles. The van der Waals surface area contributed by atoms with Crippen LogP contribution in [0.4, 0.5) is 5.69 Å². The number of amides is 1. The summed E-state index contributed by atoms with van der Waals surface area (Å²) in [6, 6.07) is 13.0. The molecule has 0 atom stereocenters. The summed E-state index contributed by atoms with van der Waals surface area (Å²) in [5.74, 6) is -0.393. The van der Waals surface area contributed by atoms with Gasteiger partial charge in [0.15, 0.2) is 12.4 Å². The molecule has 3 rings (SSSR count). The van der Waals surface area contributed by atoms with E-state index in [9.17, 15) is 18.0 Å². The number of methoxy groups -OCH3 is 1. The number of carbonyl (C=O) groups is 2. The Morgan fingerprint density at radius 1 is 1.10 bits per heavy atom. The second-order valence-electron chi connectivity index (χ2n) is 6.18. The van der Waals surface area contributed by atoms with E-state index in [1.165, 1.54) is 25.1 Å². The second-order valence-corrected chi connectivity index (χ2v) is 7.75. The highest BCUT2D eigenvalue weighted by Gasteiger charge is 2.31. The molecule has 1 N–H and O–H groups in total. The Morgan fingerprint density at radius 3 is 2.48 bits per heavy atom. The van der Waals surface area contributed by atoms with Gasteiger partial charge in [0.2, 0.25) is 0 Å². The number of benzene rings is 2. The number of rotatable bonds is 6. The predicted octanol–water partition coefficient (Wildman–Crippen LogP) is 1.26. The van der Waals surface area contributed by atoms with Gasteiger partial charge in [-0.05, 0) is 36.4 Å². The van der Waals surface area contributed by atoms with Crippen LogP contribution in [0.15, 0.2) is 57.8 Å². The Hall–Kier alpha value is -3.40. The van der Waals surface area contributed by atoms with Crippen molar-refractivity contribution in [1.82, 2.24) is 4.90 Å². The molecule has 10 heteroatoms. The van der Waals surface area contributed by atoms with Crippen LogP contribution in [-0.4, -0.2) is 58.3 Å². The van der Waals surface area contributed by atoms with Gasteiger partial charge in [0.1, 0.15) is 17.2 Å². The minimum Gasteiger partial charge on any atom is -0.497 e. The first-order chi connectivity index (χ1) is 13.8. The highest BCUT2D eigenvalue weighted by molar-refractivity contribution is 7.90. The molecule has 0 unspecified atom stereocenters. The number of anilines is 1. The summed E-state index contributed by atoms with van der Waals surface area (Å²) < 4.78 is 37.9. The fourth-order valence-corrected chi connectivity index (χ4v) is 3.95. The molecule has 0 radical (unpaired) electrons. The van der Waals surface area contributed by atoms with E-state index in [-0.39, 0.29) is 17.3 Å². The molecular weight excluding hydrogens is 398 g/mol. The summed E-state index contributed by atoms with van der Waals surface area (Å²) in [5, 5.41) is 2.59. The van der Waals surface area contributed by atoms with Crippen molar-refractivity contribution in [3.8, 4) is 5.75 Å². The molecule has 9 nitrogen and oxygen atoms in total. The molecule has 1 amide bonds. The van der Waals surface area contributed by atoms with Crippen LogP contribution in [0.5, 0.6) is 5.75 Å². The smallest absolute Gasteiger partial charge is 0.326 e. The molecule has 0 saturated carbocycles. The molecule has 0 aliphatic carbocycles. The zero-order valence-electron chi connectivity index (χ0n) is 15.8. The first-order valence-corrected chi connectivity index (χ1v) is 9.99.